The maximum atomic E-state index is 2.74. The van der Waals surface area contributed by atoms with E-state index < -0.39 is 0 Å². The van der Waals surface area contributed by atoms with Crippen LogP contribution < -0.4 is 25.5 Å². The van der Waals surface area contributed by atoms with Crippen LogP contribution >= 0.6 is 11.3 Å². The molecule has 4 heteroatoms. The van der Waals surface area contributed by atoms with Gasteiger partial charge in [-0.1, -0.05) is 181 Å². The molecule has 1 aliphatic carbocycles. The van der Waals surface area contributed by atoms with Crippen molar-refractivity contribution in [2.45, 2.75) is 137 Å². The van der Waals surface area contributed by atoms with Gasteiger partial charge >= 0.3 is 0 Å². The summed E-state index contributed by atoms with van der Waals surface area (Å²) in [5.74, 6) is 0. The third-order valence-electron chi connectivity index (χ3n) is 16.0. The molecule has 11 rings (SSSR count). The van der Waals surface area contributed by atoms with E-state index in [1.807, 2.05) is 11.3 Å². The number of hydrogen-bond donors (Lipinski definition) is 0. The first-order valence-electron chi connectivity index (χ1n) is 25.4. The van der Waals surface area contributed by atoms with Crippen molar-refractivity contribution in [3.05, 3.63) is 173 Å². The Morgan fingerprint density at radius 3 is 1.54 bits per heavy atom. The number of fused-ring (bicyclic) bond motifs is 7. The van der Waals surface area contributed by atoms with Gasteiger partial charge in [0.25, 0.3) is 6.71 Å². The molecule has 3 aliphatic rings. The minimum atomic E-state index is -0.0822. The molecule has 2 aliphatic heterocycles. The molecule has 348 valence electrons. The maximum Gasteiger partial charge on any atom is 0.264 e. The maximum absolute atomic E-state index is 2.74. The lowest BCUT2D eigenvalue weighted by molar-refractivity contribution is 0.332. The highest BCUT2D eigenvalue weighted by Crippen LogP contribution is 2.55. The zero-order valence-electron chi connectivity index (χ0n) is 43.6. The topological polar surface area (TPSA) is 6.48 Å². The van der Waals surface area contributed by atoms with Gasteiger partial charge in [0.15, 0.2) is 0 Å². The summed E-state index contributed by atoms with van der Waals surface area (Å²) in [6.07, 6.45) is 2.31. The van der Waals surface area contributed by atoms with Crippen LogP contribution in [0.25, 0.3) is 32.3 Å². The van der Waals surface area contributed by atoms with Gasteiger partial charge in [0.05, 0.1) is 11.4 Å². The summed E-state index contributed by atoms with van der Waals surface area (Å²) in [4.78, 5) is 5.39. The second kappa shape index (κ2) is 15.6. The van der Waals surface area contributed by atoms with Crippen LogP contribution in [0.15, 0.2) is 140 Å². The normalized spacial score (nSPS) is 16.0. The third kappa shape index (κ3) is 7.42. The predicted molar refractivity (Wildman–Crippen MR) is 303 cm³/mol. The smallest absolute Gasteiger partial charge is 0.264 e. The number of thiophene rings is 1. The van der Waals surface area contributed by atoms with Crippen molar-refractivity contribution in [1.82, 2.24) is 0 Å². The Bertz CT molecular complexity index is 3270. The summed E-state index contributed by atoms with van der Waals surface area (Å²) >= 11 is 2.02. The molecule has 69 heavy (non-hydrogen) atoms. The van der Waals surface area contributed by atoms with Gasteiger partial charge < -0.3 is 9.80 Å². The minimum absolute atomic E-state index is 0.0128. The van der Waals surface area contributed by atoms with Crippen LogP contribution in [0, 0.1) is 6.92 Å². The number of anilines is 6. The zero-order chi connectivity index (χ0) is 48.7. The number of rotatable bonds is 4. The Balaban J connectivity index is 1.32. The van der Waals surface area contributed by atoms with Crippen LogP contribution in [0.5, 0.6) is 0 Å². The van der Waals surface area contributed by atoms with E-state index in [2.05, 4.69) is 246 Å². The van der Waals surface area contributed by atoms with E-state index in [4.69, 9.17) is 0 Å². The van der Waals surface area contributed by atoms with Crippen molar-refractivity contribution < 1.29 is 0 Å². The Hall–Kier alpha value is -5.84. The molecule has 0 radical (unpaired) electrons. The monoisotopic (exact) mass is 921 g/mol. The Labute approximate surface area is 417 Å². The zero-order valence-corrected chi connectivity index (χ0v) is 44.4. The van der Waals surface area contributed by atoms with Crippen LogP contribution in [-0.4, -0.2) is 6.71 Å². The first kappa shape index (κ1) is 45.6. The highest BCUT2D eigenvalue weighted by molar-refractivity contribution is 7.33. The van der Waals surface area contributed by atoms with Crippen LogP contribution in [0.3, 0.4) is 0 Å². The molecule has 1 aromatic heterocycles. The summed E-state index contributed by atoms with van der Waals surface area (Å²) in [5.41, 5.74) is 23.6. The first-order valence-corrected chi connectivity index (χ1v) is 26.2. The Kier molecular flexibility index (Phi) is 10.3. The molecule has 2 nitrogen and oxygen atoms in total. The molecular weight excluding hydrogens is 852 g/mol. The summed E-state index contributed by atoms with van der Waals surface area (Å²) < 4.78 is 2.78. The summed E-state index contributed by atoms with van der Waals surface area (Å²) in [5, 5.41) is 1.33. The summed E-state index contributed by atoms with van der Waals surface area (Å²) in [7, 11) is 0. The van der Waals surface area contributed by atoms with Crippen LogP contribution in [0.4, 0.5) is 34.1 Å². The van der Waals surface area contributed by atoms with Gasteiger partial charge in [0.1, 0.15) is 0 Å². The molecule has 7 aromatic carbocycles. The third-order valence-corrected chi connectivity index (χ3v) is 17.2. The Morgan fingerprint density at radius 1 is 0.493 bits per heavy atom. The van der Waals surface area contributed by atoms with E-state index >= 15 is 0 Å². The fourth-order valence-corrected chi connectivity index (χ4v) is 13.1. The molecule has 0 unspecified atom stereocenters. The van der Waals surface area contributed by atoms with E-state index in [9.17, 15) is 0 Å². The van der Waals surface area contributed by atoms with Crippen molar-refractivity contribution in [3.8, 4) is 22.3 Å². The molecule has 8 aromatic rings. The molecule has 0 N–H and O–H groups in total. The Morgan fingerprint density at radius 2 is 1.00 bits per heavy atom. The van der Waals surface area contributed by atoms with Crippen molar-refractivity contribution in [3.63, 3.8) is 0 Å². The average Bonchev–Trinajstić information content (AvgIpc) is 3.68. The molecule has 0 saturated heterocycles. The van der Waals surface area contributed by atoms with Gasteiger partial charge in [0.2, 0.25) is 0 Å². The first-order chi connectivity index (χ1) is 32.5. The fraction of sp³-hybridized carbons (Fsp3) is 0.323. The average molecular weight is 921 g/mol. The van der Waals surface area contributed by atoms with Crippen LogP contribution in [0.2, 0.25) is 0 Å². The number of benzene rings is 7. The molecule has 0 spiro atoms. The number of nitrogens with zero attached hydrogens (tertiary/aromatic N) is 2. The second-order valence-corrected chi connectivity index (χ2v) is 26.1. The summed E-state index contributed by atoms with van der Waals surface area (Å²) in [6, 6.07) is 54.6. The molecule has 0 saturated carbocycles. The second-order valence-electron chi connectivity index (χ2n) is 25.0. The van der Waals surface area contributed by atoms with Crippen molar-refractivity contribution in [1.29, 1.82) is 0 Å². The number of hydrogen-bond acceptors (Lipinski definition) is 3. The van der Waals surface area contributed by atoms with Crippen molar-refractivity contribution in [2.75, 3.05) is 9.80 Å². The largest absolute Gasteiger partial charge is 0.310 e. The molecule has 0 amide bonds. The fourth-order valence-electron chi connectivity index (χ4n) is 11.7. The van der Waals surface area contributed by atoms with Gasteiger partial charge in [-0.25, -0.2) is 0 Å². The quantitative estimate of drug-likeness (QED) is 0.162. The van der Waals surface area contributed by atoms with E-state index in [0.717, 1.165) is 12.8 Å². The lowest BCUT2D eigenvalue weighted by atomic mass is 9.35. The van der Waals surface area contributed by atoms with E-state index in [-0.39, 0.29) is 33.8 Å². The van der Waals surface area contributed by atoms with E-state index in [1.165, 1.54) is 116 Å². The van der Waals surface area contributed by atoms with Crippen LogP contribution in [0.1, 0.15) is 136 Å². The van der Waals surface area contributed by atoms with Gasteiger partial charge in [-0.2, -0.15) is 0 Å². The van der Waals surface area contributed by atoms with E-state index in [0.29, 0.717) is 0 Å². The van der Waals surface area contributed by atoms with Gasteiger partial charge in [-0.05, 0) is 151 Å². The van der Waals surface area contributed by atoms with Crippen LogP contribution in [-0.2, 0) is 27.1 Å². The van der Waals surface area contributed by atoms with Crippen molar-refractivity contribution in [2.24, 2.45) is 0 Å². The number of aryl methyl sites for hydroxylation is 1. The molecule has 0 atom stereocenters. The lowest BCUT2D eigenvalue weighted by Crippen LogP contribution is -2.61. The molecule has 0 bridgehead atoms. The standard InChI is InChI=1S/C65H69BN2S/c1-40-33-54-57-55(34-40)68(58-48(41-21-17-15-18-22-41)35-45(63(8,9)10)36-49(58)42-23-19-16-20-24-42)53-39-51-50(64(11,12)31-32-65(51,13)14)38-52(53)66(57)60-59(47-30-27-44(62(5,6)7)37-56(47)69-60)67(54)46-28-25-43(26-29-46)61(2,3)4/h15-30,33-39H,31-32H2,1-14H3. The highest BCUT2D eigenvalue weighted by Gasteiger charge is 2.48. The van der Waals surface area contributed by atoms with E-state index in [1.54, 1.807) is 0 Å². The van der Waals surface area contributed by atoms with Gasteiger partial charge in [-0.3, -0.25) is 0 Å². The summed E-state index contributed by atoms with van der Waals surface area (Å²) in [6.45, 7) is 33.3. The SMILES string of the molecule is Cc1cc2c3c(c1)N(c1ccc(C(C)(C)C)cc1)c1c(sc4cc(C(C)(C)C)ccc14)B3c1cc3c(cc1N2c1c(-c2ccccc2)cc(C(C)(C)C)cc1-c1ccccc1)C(C)(C)CCC3(C)C. The molecule has 0 fully saturated rings. The van der Waals surface area contributed by atoms with Gasteiger partial charge in [-0.15, -0.1) is 11.3 Å². The molecular formula is C65H69BN2S. The predicted octanol–water partition coefficient (Wildman–Crippen LogP) is 16.9. The van der Waals surface area contributed by atoms with Gasteiger partial charge in [0, 0.05) is 48.7 Å². The van der Waals surface area contributed by atoms with Crippen molar-refractivity contribution >= 4 is 78.0 Å². The highest BCUT2D eigenvalue weighted by atomic mass is 32.1. The molecule has 3 heterocycles. The minimum Gasteiger partial charge on any atom is -0.310 e. The lowest BCUT2D eigenvalue weighted by Gasteiger charge is -2.47.